The quantitative estimate of drug-likeness (QED) is 0.726. The van der Waals surface area contributed by atoms with Crippen LogP contribution in [-0.4, -0.2) is 51.4 Å². The number of hydrogen-bond donors (Lipinski definition) is 1. The number of urea groups is 1. The van der Waals surface area contributed by atoms with Crippen LogP contribution in [0.25, 0.3) is 0 Å². The van der Waals surface area contributed by atoms with E-state index < -0.39 is 12.0 Å². The summed E-state index contributed by atoms with van der Waals surface area (Å²) in [5.74, 6) is 0.0555. The molecule has 1 N–H and O–H groups in total. The van der Waals surface area contributed by atoms with Crippen LogP contribution in [0.15, 0.2) is 33.9 Å². The second kappa shape index (κ2) is 8.35. The summed E-state index contributed by atoms with van der Waals surface area (Å²) in [5, 5.41) is 2.86. The van der Waals surface area contributed by atoms with Crippen LogP contribution in [0.5, 0.6) is 5.75 Å². The van der Waals surface area contributed by atoms with Gasteiger partial charge in [0.05, 0.1) is 39.0 Å². The van der Waals surface area contributed by atoms with Crippen molar-refractivity contribution in [2.75, 3.05) is 34.5 Å². The molecule has 7 nitrogen and oxygen atoms in total. The molecule has 0 fully saturated rings. The Bertz CT molecular complexity index is 704. The van der Waals surface area contributed by atoms with Gasteiger partial charge in [-0.1, -0.05) is 15.9 Å². The van der Waals surface area contributed by atoms with Gasteiger partial charge in [-0.15, -0.1) is 0 Å². The SMILES string of the molecule is COCCN1C(=O)N[C@H](c2cc(Br)ccc2OC)C(C(=O)OC)=C1C. The molecule has 0 bridgehead atoms. The average molecular weight is 413 g/mol. The van der Waals surface area contributed by atoms with Crippen LogP contribution in [0.1, 0.15) is 18.5 Å². The maximum Gasteiger partial charge on any atom is 0.337 e. The number of halogens is 1. The molecule has 0 radical (unpaired) electrons. The molecule has 1 aromatic rings. The second-order valence-corrected chi connectivity index (χ2v) is 6.32. The van der Waals surface area contributed by atoms with Gasteiger partial charge >= 0.3 is 12.0 Å². The van der Waals surface area contributed by atoms with Crippen LogP contribution in [0.3, 0.4) is 0 Å². The number of ether oxygens (including phenoxy) is 3. The fourth-order valence-electron chi connectivity index (χ4n) is 2.77. The van der Waals surface area contributed by atoms with Gasteiger partial charge in [0.15, 0.2) is 0 Å². The zero-order valence-electron chi connectivity index (χ0n) is 14.6. The second-order valence-electron chi connectivity index (χ2n) is 5.40. The maximum absolute atomic E-state index is 12.6. The van der Waals surface area contributed by atoms with Crippen LogP contribution in [-0.2, 0) is 14.3 Å². The molecule has 1 atom stereocenters. The Morgan fingerprint density at radius 3 is 2.64 bits per heavy atom. The molecular formula is C17H21BrN2O5. The summed E-state index contributed by atoms with van der Waals surface area (Å²) in [6.45, 7) is 2.40. The Balaban J connectivity index is 2.57. The Kier molecular flexibility index (Phi) is 6.44. The number of allylic oxidation sites excluding steroid dienone is 1. The predicted octanol–water partition coefficient (Wildman–Crippen LogP) is 2.62. The van der Waals surface area contributed by atoms with E-state index in [1.807, 2.05) is 12.1 Å². The monoisotopic (exact) mass is 412 g/mol. The van der Waals surface area contributed by atoms with Gasteiger partial charge in [-0.25, -0.2) is 9.59 Å². The highest BCUT2D eigenvalue weighted by atomic mass is 79.9. The van der Waals surface area contributed by atoms with Gasteiger partial charge in [0, 0.05) is 22.8 Å². The number of amides is 2. The molecule has 136 valence electrons. The summed E-state index contributed by atoms with van der Waals surface area (Å²) in [4.78, 5) is 26.5. The van der Waals surface area contributed by atoms with Crippen molar-refractivity contribution in [3.8, 4) is 5.75 Å². The van der Waals surface area contributed by atoms with Crippen molar-refractivity contribution < 1.29 is 23.8 Å². The van der Waals surface area contributed by atoms with Crippen LogP contribution >= 0.6 is 15.9 Å². The van der Waals surface area contributed by atoms with Gasteiger partial charge in [0.2, 0.25) is 0 Å². The van der Waals surface area contributed by atoms with E-state index in [-0.39, 0.29) is 6.03 Å². The van der Waals surface area contributed by atoms with Crippen molar-refractivity contribution in [1.29, 1.82) is 0 Å². The molecule has 0 saturated heterocycles. The first-order valence-electron chi connectivity index (χ1n) is 7.64. The molecule has 2 amide bonds. The molecule has 25 heavy (non-hydrogen) atoms. The van der Waals surface area contributed by atoms with E-state index >= 15 is 0 Å². The lowest BCUT2D eigenvalue weighted by Gasteiger charge is -2.35. The lowest BCUT2D eigenvalue weighted by Crippen LogP contribution is -2.49. The Morgan fingerprint density at radius 2 is 2.04 bits per heavy atom. The van der Waals surface area contributed by atoms with E-state index in [2.05, 4.69) is 21.2 Å². The molecule has 0 aromatic heterocycles. The summed E-state index contributed by atoms with van der Waals surface area (Å²) in [7, 11) is 4.40. The third kappa shape index (κ3) is 3.96. The Hall–Kier alpha value is -2.06. The van der Waals surface area contributed by atoms with Crippen molar-refractivity contribution in [3.05, 3.63) is 39.5 Å². The number of nitrogens with zero attached hydrogens (tertiary/aromatic N) is 1. The number of carbonyl (C=O) groups is 2. The molecule has 0 saturated carbocycles. The number of carbonyl (C=O) groups excluding carboxylic acids is 2. The summed E-state index contributed by atoms with van der Waals surface area (Å²) >= 11 is 3.42. The van der Waals surface area contributed by atoms with Crippen LogP contribution in [0.4, 0.5) is 4.79 Å². The summed E-state index contributed by atoms with van der Waals surface area (Å²) in [5.41, 5.74) is 1.55. The lowest BCUT2D eigenvalue weighted by molar-refractivity contribution is -0.136. The van der Waals surface area contributed by atoms with E-state index in [0.29, 0.717) is 35.7 Å². The van der Waals surface area contributed by atoms with Crippen molar-refractivity contribution in [3.63, 3.8) is 0 Å². The van der Waals surface area contributed by atoms with Gasteiger partial charge in [0.1, 0.15) is 5.75 Å². The van der Waals surface area contributed by atoms with E-state index in [0.717, 1.165) is 4.47 Å². The zero-order chi connectivity index (χ0) is 18.6. The normalized spacial score (nSPS) is 17.4. The topological polar surface area (TPSA) is 77.1 Å². The summed E-state index contributed by atoms with van der Waals surface area (Å²) < 4.78 is 16.2. The largest absolute Gasteiger partial charge is 0.496 e. The van der Waals surface area contributed by atoms with Crippen molar-refractivity contribution in [1.82, 2.24) is 10.2 Å². The number of esters is 1. The third-order valence-electron chi connectivity index (χ3n) is 4.02. The van der Waals surface area contributed by atoms with Crippen LogP contribution in [0, 0.1) is 0 Å². The molecule has 1 aromatic carbocycles. The standard InChI is InChI=1S/C17H21BrN2O5/c1-10-14(16(21)25-4)15(19-17(22)20(10)7-8-23-2)12-9-11(18)5-6-13(12)24-3/h5-6,9,15H,7-8H2,1-4H3,(H,19,22)/t15-/m1/s1. The molecule has 0 aliphatic carbocycles. The highest BCUT2D eigenvalue weighted by Gasteiger charge is 2.37. The first kappa shape index (κ1) is 19.3. The first-order chi connectivity index (χ1) is 11.9. The number of benzene rings is 1. The average Bonchev–Trinajstić information content (AvgIpc) is 2.60. The number of nitrogens with one attached hydrogen (secondary N) is 1. The van der Waals surface area contributed by atoms with E-state index in [9.17, 15) is 9.59 Å². The molecule has 0 unspecified atom stereocenters. The third-order valence-corrected chi connectivity index (χ3v) is 4.52. The fourth-order valence-corrected chi connectivity index (χ4v) is 3.15. The predicted molar refractivity (Wildman–Crippen MR) is 95.3 cm³/mol. The Morgan fingerprint density at radius 1 is 1.32 bits per heavy atom. The highest BCUT2D eigenvalue weighted by molar-refractivity contribution is 9.10. The molecule has 8 heteroatoms. The van der Waals surface area contributed by atoms with Crippen molar-refractivity contribution in [2.24, 2.45) is 0 Å². The first-order valence-corrected chi connectivity index (χ1v) is 8.43. The van der Waals surface area contributed by atoms with Crippen LogP contribution < -0.4 is 10.1 Å². The minimum atomic E-state index is -0.675. The number of rotatable bonds is 6. The van der Waals surface area contributed by atoms with Gasteiger partial charge in [-0.05, 0) is 25.1 Å². The summed E-state index contributed by atoms with van der Waals surface area (Å²) in [6.07, 6.45) is 0. The minimum absolute atomic E-state index is 0.311. The number of hydrogen-bond acceptors (Lipinski definition) is 5. The van der Waals surface area contributed by atoms with E-state index in [1.54, 1.807) is 20.1 Å². The Labute approximate surface area is 155 Å². The molecule has 1 heterocycles. The number of methoxy groups -OCH3 is 3. The molecule has 0 spiro atoms. The molecule has 2 rings (SSSR count). The van der Waals surface area contributed by atoms with Crippen molar-refractivity contribution in [2.45, 2.75) is 13.0 Å². The molecule has 1 aliphatic rings. The van der Waals surface area contributed by atoms with Gasteiger partial charge in [0.25, 0.3) is 0 Å². The van der Waals surface area contributed by atoms with Gasteiger partial charge in [-0.2, -0.15) is 0 Å². The minimum Gasteiger partial charge on any atom is -0.496 e. The maximum atomic E-state index is 12.6. The summed E-state index contributed by atoms with van der Waals surface area (Å²) in [6, 6.07) is 4.42. The lowest BCUT2D eigenvalue weighted by atomic mass is 9.94. The highest BCUT2D eigenvalue weighted by Crippen LogP contribution is 2.37. The zero-order valence-corrected chi connectivity index (χ0v) is 16.2. The van der Waals surface area contributed by atoms with E-state index in [4.69, 9.17) is 14.2 Å². The van der Waals surface area contributed by atoms with E-state index in [1.165, 1.54) is 19.1 Å². The molecule has 1 aliphatic heterocycles. The van der Waals surface area contributed by atoms with Crippen LogP contribution in [0.2, 0.25) is 0 Å². The van der Waals surface area contributed by atoms with Gasteiger partial charge < -0.3 is 19.5 Å². The fraction of sp³-hybridized carbons (Fsp3) is 0.412. The van der Waals surface area contributed by atoms with Gasteiger partial charge in [-0.3, -0.25) is 4.90 Å². The van der Waals surface area contributed by atoms with Crippen molar-refractivity contribution >= 4 is 27.9 Å². The molecular weight excluding hydrogens is 392 g/mol. The smallest absolute Gasteiger partial charge is 0.337 e.